The third-order valence-corrected chi connectivity index (χ3v) is 5.06. The Kier molecular flexibility index (Phi) is 5.26. The number of halogens is 1. The third-order valence-electron chi connectivity index (χ3n) is 5.06. The van der Waals surface area contributed by atoms with Crippen LogP contribution in [0.15, 0.2) is 53.1 Å². The number of carbonyl (C=O) groups excluding carboxylic acids is 1. The Bertz CT molecular complexity index is 988. The molecule has 29 heavy (non-hydrogen) atoms. The van der Waals surface area contributed by atoms with E-state index in [2.05, 4.69) is 20.4 Å². The van der Waals surface area contributed by atoms with Crippen LogP contribution in [0.25, 0.3) is 11.4 Å². The molecule has 1 fully saturated rings. The number of amides is 1. The van der Waals surface area contributed by atoms with Crippen LogP contribution in [0.5, 0.6) is 5.75 Å². The molecule has 2 unspecified atom stereocenters. The first-order chi connectivity index (χ1) is 14.0. The van der Waals surface area contributed by atoms with Gasteiger partial charge in [-0.1, -0.05) is 5.16 Å². The minimum atomic E-state index is -0.316. The second kappa shape index (κ2) is 8.00. The largest absolute Gasteiger partial charge is 0.497 e. The maximum atomic E-state index is 13.1. The number of rotatable bonds is 5. The SMILES string of the molecule is COc1ccc(C(=O)NC2CC(c3nc(-c4ccc(F)cc4)no3)N(C)C2)cc1. The average Bonchev–Trinajstić information content (AvgIpc) is 3.35. The summed E-state index contributed by atoms with van der Waals surface area (Å²) in [4.78, 5) is 19.0. The molecule has 0 bridgehead atoms. The standard InChI is InChI=1S/C21H21FN4O3/c1-26-12-16(23-20(27)14-5-9-17(28-2)10-6-14)11-18(26)21-24-19(25-29-21)13-3-7-15(22)8-4-13/h3-10,16,18H,11-12H2,1-2H3,(H,23,27). The molecule has 2 aromatic carbocycles. The molecule has 1 aromatic heterocycles. The van der Waals surface area contributed by atoms with Crippen LogP contribution < -0.4 is 10.1 Å². The summed E-state index contributed by atoms with van der Waals surface area (Å²) < 4.78 is 23.7. The molecular weight excluding hydrogens is 375 g/mol. The Morgan fingerprint density at radius 3 is 2.62 bits per heavy atom. The van der Waals surface area contributed by atoms with Crippen molar-refractivity contribution in [3.05, 3.63) is 65.8 Å². The van der Waals surface area contributed by atoms with E-state index in [1.165, 1.54) is 12.1 Å². The minimum absolute atomic E-state index is 0.0410. The van der Waals surface area contributed by atoms with E-state index < -0.39 is 0 Å². The summed E-state index contributed by atoms with van der Waals surface area (Å²) in [6, 6.07) is 12.8. The van der Waals surface area contributed by atoms with Gasteiger partial charge in [0.15, 0.2) is 0 Å². The highest BCUT2D eigenvalue weighted by atomic mass is 19.1. The lowest BCUT2D eigenvalue weighted by Crippen LogP contribution is -2.36. The van der Waals surface area contributed by atoms with Gasteiger partial charge in [-0.15, -0.1) is 0 Å². The summed E-state index contributed by atoms with van der Waals surface area (Å²) in [5, 5.41) is 7.07. The molecule has 2 atom stereocenters. The Morgan fingerprint density at radius 2 is 1.93 bits per heavy atom. The lowest BCUT2D eigenvalue weighted by Gasteiger charge is -2.14. The van der Waals surface area contributed by atoms with Crippen LogP contribution in [0.3, 0.4) is 0 Å². The van der Waals surface area contributed by atoms with Crippen molar-refractivity contribution in [2.75, 3.05) is 20.7 Å². The first-order valence-electron chi connectivity index (χ1n) is 9.28. The van der Waals surface area contributed by atoms with Gasteiger partial charge in [0, 0.05) is 23.7 Å². The van der Waals surface area contributed by atoms with Crippen LogP contribution in [0.1, 0.15) is 28.7 Å². The molecule has 0 radical (unpaired) electrons. The molecule has 1 aliphatic rings. The van der Waals surface area contributed by atoms with E-state index in [9.17, 15) is 9.18 Å². The summed E-state index contributed by atoms with van der Waals surface area (Å²) in [7, 11) is 3.54. The quantitative estimate of drug-likeness (QED) is 0.714. The lowest BCUT2D eigenvalue weighted by atomic mass is 10.1. The first-order valence-corrected chi connectivity index (χ1v) is 9.28. The van der Waals surface area contributed by atoms with Gasteiger partial charge in [0.05, 0.1) is 13.2 Å². The monoisotopic (exact) mass is 396 g/mol. The average molecular weight is 396 g/mol. The van der Waals surface area contributed by atoms with Crippen molar-refractivity contribution >= 4 is 5.91 Å². The van der Waals surface area contributed by atoms with Gasteiger partial charge >= 0.3 is 0 Å². The van der Waals surface area contributed by atoms with Crippen LogP contribution in [0.4, 0.5) is 4.39 Å². The van der Waals surface area contributed by atoms with Crippen LogP contribution in [-0.4, -0.2) is 47.7 Å². The number of nitrogens with one attached hydrogen (secondary N) is 1. The Labute approximate surface area is 167 Å². The Hall–Kier alpha value is -3.26. The lowest BCUT2D eigenvalue weighted by molar-refractivity contribution is 0.0938. The van der Waals surface area contributed by atoms with Crippen molar-refractivity contribution in [3.8, 4) is 17.1 Å². The molecule has 2 heterocycles. The van der Waals surface area contributed by atoms with E-state index in [1.807, 2.05) is 7.05 Å². The summed E-state index contributed by atoms with van der Waals surface area (Å²) >= 11 is 0. The molecule has 1 saturated heterocycles. The Morgan fingerprint density at radius 1 is 1.21 bits per heavy atom. The maximum Gasteiger partial charge on any atom is 0.251 e. The molecule has 1 N–H and O–H groups in total. The zero-order valence-corrected chi connectivity index (χ0v) is 16.1. The normalized spacial score (nSPS) is 19.3. The number of carbonyl (C=O) groups is 1. The van der Waals surface area contributed by atoms with Crippen LogP contribution in [-0.2, 0) is 0 Å². The van der Waals surface area contributed by atoms with Gasteiger partial charge in [-0.25, -0.2) is 4.39 Å². The molecule has 1 aliphatic heterocycles. The van der Waals surface area contributed by atoms with Crippen LogP contribution in [0, 0.1) is 5.82 Å². The smallest absolute Gasteiger partial charge is 0.251 e. The first kappa shape index (κ1) is 19.1. The molecule has 4 rings (SSSR count). The fourth-order valence-corrected chi connectivity index (χ4v) is 3.49. The summed E-state index contributed by atoms with van der Waals surface area (Å²) in [5.74, 6) is 1.15. The van der Waals surface area contributed by atoms with Gasteiger partial charge in [-0.3, -0.25) is 9.69 Å². The second-order valence-electron chi connectivity index (χ2n) is 7.05. The molecule has 0 saturated carbocycles. The van der Waals surface area contributed by atoms with E-state index >= 15 is 0 Å². The van der Waals surface area contributed by atoms with Crippen LogP contribution >= 0.6 is 0 Å². The van der Waals surface area contributed by atoms with Crippen molar-refractivity contribution in [3.63, 3.8) is 0 Å². The van der Waals surface area contributed by atoms with Gasteiger partial charge in [0.2, 0.25) is 11.7 Å². The highest BCUT2D eigenvalue weighted by Gasteiger charge is 2.35. The summed E-state index contributed by atoms with van der Waals surface area (Å²) in [6.45, 7) is 0.667. The van der Waals surface area contributed by atoms with Crippen molar-refractivity contribution in [2.45, 2.75) is 18.5 Å². The summed E-state index contributed by atoms with van der Waals surface area (Å²) in [6.07, 6.45) is 0.656. The minimum Gasteiger partial charge on any atom is -0.497 e. The van der Waals surface area contributed by atoms with Crippen molar-refractivity contribution < 1.29 is 18.4 Å². The molecule has 150 valence electrons. The molecule has 3 aromatic rings. The van der Waals surface area contributed by atoms with Gasteiger partial charge in [-0.2, -0.15) is 4.98 Å². The van der Waals surface area contributed by atoms with E-state index in [-0.39, 0.29) is 23.8 Å². The van der Waals surface area contributed by atoms with Crippen molar-refractivity contribution in [2.24, 2.45) is 0 Å². The van der Waals surface area contributed by atoms with Crippen LogP contribution in [0.2, 0.25) is 0 Å². The zero-order valence-electron chi connectivity index (χ0n) is 16.1. The fourth-order valence-electron chi connectivity index (χ4n) is 3.49. The van der Waals surface area contributed by atoms with Gasteiger partial charge < -0.3 is 14.6 Å². The highest BCUT2D eigenvalue weighted by Crippen LogP contribution is 2.31. The predicted octanol–water partition coefficient (Wildman–Crippen LogP) is 3.06. The number of hydrogen-bond donors (Lipinski definition) is 1. The van der Waals surface area contributed by atoms with E-state index in [0.29, 0.717) is 41.6 Å². The molecule has 0 spiro atoms. The van der Waals surface area contributed by atoms with E-state index in [1.54, 1.807) is 43.5 Å². The number of nitrogens with zero attached hydrogens (tertiary/aromatic N) is 3. The molecular formula is C21H21FN4O3. The molecule has 8 heteroatoms. The number of hydrogen-bond acceptors (Lipinski definition) is 6. The van der Waals surface area contributed by atoms with E-state index in [4.69, 9.17) is 9.26 Å². The third kappa shape index (κ3) is 4.12. The number of benzene rings is 2. The fraction of sp³-hybridized carbons (Fsp3) is 0.286. The van der Waals surface area contributed by atoms with E-state index in [0.717, 1.165) is 0 Å². The molecule has 7 nitrogen and oxygen atoms in total. The summed E-state index contributed by atoms with van der Waals surface area (Å²) in [5.41, 5.74) is 1.26. The molecule has 0 aliphatic carbocycles. The topological polar surface area (TPSA) is 80.5 Å². The predicted molar refractivity (Wildman–Crippen MR) is 104 cm³/mol. The van der Waals surface area contributed by atoms with Crippen molar-refractivity contribution in [1.29, 1.82) is 0 Å². The number of likely N-dealkylation sites (tertiary alicyclic amines) is 1. The number of aromatic nitrogens is 2. The van der Waals surface area contributed by atoms with Gasteiger partial charge in [-0.05, 0) is 62.0 Å². The van der Waals surface area contributed by atoms with Gasteiger partial charge in [0.1, 0.15) is 11.6 Å². The second-order valence-corrected chi connectivity index (χ2v) is 7.05. The number of methoxy groups -OCH3 is 1. The maximum absolute atomic E-state index is 13.1. The number of ether oxygens (including phenoxy) is 1. The van der Waals surface area contributed by atoms with Gasteiger partial charge in [0.25, 0.3) is 5.91 Å². The highest BCUT2D eigenvalue weighted by molar-refractivity contribution is 5.94. The number of likely N-dealkylation sites (N-methyl/N-ethyl adjacent to an activating group) is 1. The molecule has 1 amide bonds. The zero-order chi connectivity index (χ0) is 20.4. The van der Waals surface area contributed by atoms with Crippen molar-refractivity contribution in [1.82, 2.24) is 20.4 Å². The Balaban J connectivity index is 1.42.